The second-order valence-corrected chi connectivity index (χ2v) is 10.0. The van der Waals surface area contributed by atoms with Gasteiger partial charge >= 0.3 is 5.97 Å². The number of esters is 1. The maximum Gasteiger partial charge on any atom is 0.335 e. The molecular formula is C24H46N2O6. The van der Waals surface area contributed by atoms with E-state index in [9.17, 15) is 24.6 Å². The average molecular weight is 459 g/mol. The number of amides is 1. The maximum absolute atomic E-state index is 13.2. The van der Waals surface area contributed by atoms with Crippen LogP contribution in [0.4, 0.5) is 0 Å². The fraction of sp³-hybridized carbons (Fsp3) is 0.875. The van der Waals surface area contributed by atoms with Gasteiger partial charge in [-0.1, -0.05) is 33.6 Å². The molecule has 8 heteroatoms. The van der Waals surface area contributed by atoms with Crippen molar-refractivity contribution in [3.8, 4) is 0 Å². The fourth-order valence-electron chi connectivity index (χ4n) is 3.82. The number of nitrogens with one attached hydrogen (secondary N) is 1. The molecule has 1 amide bonds. The Bertz CT molecular complexity index is 602. The quantitative estimate of drug-likeness (QED) is 0.342. The minimum Gasteiger partial charge on any atom is -0.458 e. The highest BCUT2D eigenvalue weighted by molar-refractivity contribution is 5.93. The van der Waals surface area contributed by atoms with E-state index in [0.29, 0.717) is 19.3 Å². The molecule has 8 nitrogen and oxygen atoms in total. The van der Waals surface area contributed by atoms with Crippen LogP contribution >= 0.6 is 0 Å². The van der Waals surface area contributed by atoms with Crippen LogP contribution < -0.4 is 5.32 Å². The van der Waals surface area contributed by atoms with E-state index in [4.69, 9.17) is 4.74 Å². The van der Waals surface area contributed by atoms with Gasteiger partial charge in [-0.05, 0) is 59.4 Å². The largest absolute Gasteiger partial charge is 0.458 e. The average Bonchev–Trinajstić information content (AvgIpc) is 2.66. The van der Waals surface area contributed by atoms with E-state index in [-0.39, 0.29) is 23.5 Å². The first-order valence-electron chi connectivity index (χ1n) is 11.7. The Labute approximate surface area is 194 Å². The van der Waals surface area contributed by atoms with E-state index in [2.05, 4.69) is 5.32 Å². The lowest BCUT2D eigenvalue weighted by Crippen LogP contribution is -2.55. The van der Waals surface area contributed by atoms with Gasteiger partial charge < -0.3 is 25.2 Å². The highest BCUT2D eigenvalue weighted by Gasteiger charge is 2.37. The Morgan fingerprint density at radius 2 is 1.59 bits per heavy atom. The first kappa shape index (κ1) is 30.5. The summed E-state index contributed by atoms with van der Waals surface area (Å²) in [5.41, 5.74) is -0.780. The first-order valence-corrected chi connectivity index (χ1v) is 11.7. The lowest BCUT2D eigenvalue weighted by Gasteiger charge is -2.36. The van der Waals surface area contributed by atoms with Crippen LogP contribution in [-0.4, -0.2) is 76.8 Å². The van der Waals surface area contributed by atoms with E-state index < -0.39 is 42.3 Å². The summed E-state index contributed by atoms with van der Waals surface area (Å²) < 4.78 is 5.18. The van der Waals surface area contributed by atoms with Gasteiger partial charge in [-0.25, -0.2) is 4.79 Å². The van der Waals surface area contributed by atoms with Crippen molar-refractivity contribution < 1.29 is 29.3 Å². The second-order valence-electron chi connectivity index (χ2n) is 10.0. The van der Waals surface area contributed by atoms with Gasteiger partial charge in [0.2, 0.25) is 5.91 Å². The van der Waals surface area contributed by atoms with Crippen LogP contribution in [0.15, 0.2) is 0 Å². The van der Waals surface area contributed by atoms with Crippen molar-refractivity contribution in [1.29, 1.82) is 0 Å². The Hall–Kier alpha value is -1.51. The molecule has 0 saturated heterocycles. The second kappa shape index (κ2) is 13.9. The number of hydrogen-bond acceptors (Lipinski definition) is 7. The zero-order valence-corrected chi connectivity index (χ0v) is 21.5. The predicted molar refractivity (Wildman–Crippen MR) is 125 cm³/mol. The lowest BCUT2D eigenvalue weighted by molar-refractivity contribution is -0.166. The molecule has 0 fully saturated rings. The summed E-state index contributed by atoms with van der Waals surface area (Å²) in [6, 6.07) is -1.24. The van der Waals surface area contributed by atoms with E-state index in [1.165, 1.54) is 4.90 Å². The monoisotopic (exact) mass is 458 g/mol. The zero-order chi connectivity index (χ0) is 25.2. The third kappa shape index (κ3) is 10.4. The minimum absolute atomic E-state index is 0.0728. The Balaban J connectivity index is 5.63. The van der Waals surface area contributed by atoms with Crippen molar-refractivity contribution >= 4 is 17.7 Å². The maximum atomic E-state index is 13.2. The molecule has 188 valence electrons. The van der Waals surface area contributed by atoms with Gasteiger partial charge in [0.25, 0.3) is 0 Å². The molecule has 0 aliphatic carbocycles. The zero-order valence-electron chi connectivity index (χ0n) is 21.5. The van der Waals surface area contributed by atoms with Gasteiger partial charge in [-0.15, -0.1) is 0 Å². The van der Waals surface area contributed by atoms with Crippen LogP contribution in [0, 0.1) is 11.8 Å². The van der Waals surface area contributed by atoms with Gasteiger partial charge in [0.1, 0.15) is 5.60 Å². The summed E-state index contributed by atoms with van der Waals surface area (Å²) in [5.74, 6) is -1.58. The normalized spacial score (nSPS) is 17.6. The molecule has 0 aromatic heterocycles. The molecule has 0 heterocycles. The number of likely N-dealkylation sites (N-methyl/N-ethyl adjacent to an activating group) is 2. The number of aliphatic hydroxyl groups excluding tert-OH is 2. The van der Waals surface area contributed by atoms with Crippen molar-refractivity contribution in [2.24, 2.45) is 11.8 Å². The third-order valence-corrected chi connectivity index (χ3v) is 5.78. The number of carbonyl (C=O) groups is 3. The molecule has 0 saturated carbocycles. The molecule has 0 spiro atoms. The SMILES string of the molecule is CC[C@H](C)[C@H](NC)C(=O)N(C)[C@H](C(=O)CC(O)C(=O)OC(C)(C)C)[C@@H](C)CCCC(C)O. The summed E-state index contributed by atoms with van der Waals surface area (Å²) in [5, 5.41) is 22.9. The number of nitrogens with zero attached hydrogens (tertiary/aromatic N) is 1. The van der Waals surface area contributed by atoms with Crippen LogP contribution in [0.1, 0.15) is 80.6 Å². The number of ketones is 1. The number of hydrogen-bond donors (Lipinski definition) is 3. The van der Waals surface area contributed by atoms with E-state index >= 15 is 0 Å². The van der Waals surface area contributed by atoms with Gasteiger partial charge in [-0.3, -0.25) is 9.59 Å². The molecule has 0 aromatic carbocycles. The molecule has 0 bridgehead atoms. The fourth-order valence-corrected chi connectivity index (χ4v) is 3.82. The van der Waals surface area contributed by atoms with Gasteiger partial charge in [0, 0.05) is 13.5 Å². The van der Waals surface area contributed by atoms with E-state index in [1.807, 2.05) is 20.8 Å². The summed E-state index contributed by atoms with van der Waals surface area (Å²) >= 11 is 0. The molecule has 3 N–H and O–H groups in total. The van der Waals surface area contributed by atoms with Crippen molar-refractivity contribution in [1.82, 2.24) is 10.2 Å². The standard InChI is InChI=1S/C24H46N2O6/c1-10-15(2)20(25-8)22(30)26(9)21(16(3)12-11-13-17(4)27)18(28)14-19(29)23(31)32-24(5,6)7/h15-17,19-21,25,27,29H,10-14H2,1-9H3/t15-,16-,17?,19?,20-,21-/m0/s1. The third-order valence-electron chi connectivity index (χ3n) is 5.78. The van der Waals surface area contributed by atoms with E-state index in [0.717, 1.165) is 6.42 Å². The van der Waals surface area contributed by atoms with Crippen LogP contribution in [0.2, 0.25) is 0 Å². The Morgan fingerprint density at radius 1 is 1.03 bits per heavy atom. The Kier molecular flexibility index (Phi) is 13.2. The molecule has 0 aliphatic heterocycles. The number of ether oxygens (including phenoxy) is 1. The van der Waals surface area contributed by atoms with Crippen LogP contribution in [0.3, 0.4) is 0 Å². The summed E-state index contributed by atoms with van der Waals surface area (Å²) in [6.45, 7) is 12.6. The van der Waals surface area contributed by atoms with Crippen LogP contribution in [0.5, 0.6) is 0 Å². The minimum atomic E-state index is -1.59. The highest BCUT2D eigenvalue weighted by atomic mass is 16.6. The predicted octanol–water partition coefficient (Wildman–Crippen LogP) is 2.30. The van der Waals surface area contributed by atoms with Crippen LogP contribution in [-0.2, 0) is 19.1 Å². The first-order chi connectivity index (χ1) is 14.7. The van der Waals surface area contributed by atoms with Crippen molar-refractivity contribution in [3.63, 3.8) is 0 Å². The molecule has 0 aromatic rings. The molecule has 0 aliphatic rings. The Morgan fingerprint density at radius 3 is 2.03 bits per heavy atom. The van der Waals surface area contributed by atoms with E-state index in [1.54, 1.807) is 41.8 Å². The molecule has 0 radical (unpaired) electrons. The molecule has 32 heavy (non-hydrogen) atoms. The summed E-state index contributed by atoms with van der Waals surface area (Å²) in [6.07, 6.45) is 0.247. The highest BCUT2D eigenvalue weighted by Crippen LogP contribution is 2.23. The van der Waals surface area contributed by atoms with Gasteiger partial charge in [0.15, 0.2) is 11.9 Å². The molecule has 6 atom stereocenters. The topological polar surface area (TPSA) is 116 Å². The van der Waals surface area contributed by atoms with Crippen molar-refractivity contribution in [2.45, 2.75) is 110 Å². The summed E-state index contributed by atoms with van der Waals surface area (Å²) in [7, 11) is 3.32. The van der Waals surface area contributed by atoms with Gasteiger partial charge in [-0.2, -0.15) is 0 Å². The lowest BCUT2D eigenvalue weighted by atomic mass is 9.88. The molecule has 0 rings (SSSR count). The van der Waals surface area contributed by atoms with Crippen LogP contribution in [0.25, 0.3) is 0 Å². The number of aliphatic hydroxyl groups is 2. The molecule has 2 unspecified atom stereocenters. The van der Waals surface area contributed by atoms with Crippen molar-refractivity contribution in [3.05, 3.63) is 0 Å². The smallest absolute Gasteiger partial charge is 0.335 e. The number of rotatable bonds is 14. The number of Topliss-reactive ketones (excluding diaryl/α,β-unsaturated/α-hetero) is 1. The number of carbonyl (C=O) groups excluding carboxylic acids is 3. The summed E-state index contributed by atoms with van der Waals surface area (Å²) in [4.78, 5) is 40.1. The van der Waals surface area contributed by atoms with Crippen molar-refractivity contribution in [2.75, 3.05) is 14.1 Å². The molecular weight excluding hydrogens is 412 g/mol. The van der Waals surface area contributed by atoms with Gasteiger partial charge in [0.05, 0.1) is 18.2 Å².